The second-order valence-corrected chi connectivity index (χ2v) is 8.38. The van der Waals surface area contributed by atoms with Crippen LogP contribution in [0.1, 0.15) is 57.6 Å². The van der Waals surface area contributed by atoms with Gasteiger partial charge in [0, 0.05) is 26.2 Å². The predicted molar refractivity (Wildman–Crippen MR) is 93.6 cm³/mol. The molecule has 0 bridgehead atoms. The van der Waals surface area contributed by atoms with Gasteiger partial charge in [-0.25, -0.2) is 0 Å². The molecule has 1 aromatic carbocycles. The van der Waals surface area contributed by atoms with Gasteiger partial charge in [-0.3, -0.25) is 4.90 Å². The molecule has 3 nitrogen and oxygen atoms in total. The average Bonchev–Trinajstić information content (AvgIpc) is 2.86. The van der Waals surface area contributed by atoms with Crippen molar-refractivity contribution < 1.29 is 9.84 Å². The molecule has 0 radical (unpaired) electrons. The van der Waals surface area contributed by atoms with Gasteiger partial charge in [-0.05, 0) is 42.2 Å². The van der Waals surface area contributed by atoms with E-state index >= 15 is 0 Å². The molecule has 0 aromatic heterocycles. The Morgan fingerprint density at radius 1 is 1.22 bits per heavy atom. The Morgan fingerprint density at radius 2 is 1.91 bits per heavy atom. The third kappa shape index (κ3) is 3.33. The van der Waals surface area contributed by atoms with E-state index in [1.807, 2.05) is 7.11 Å². The van der Waals surface area contributed by atoms with Crippen molar-refractivity contribution in [3.05, 3.63) is 35.4 Å². The highest BCUT2D eigenvalue weighted by molar-refractivity contribution is 5.27. The van der Waals surface area contributed by atoms with Gasteiger partial charge in [-0.2, -0.15) is 0 Å². The summed E-state index contributed by atoms with van der Waals surface area (Å²) < 4.78 is 5.93. The summed E-state index contributed by atoms with van der Waals surface area (Å²) in [6.45, 7) is 8.76. The molecule has 1 saturated heterocycles. The Kier molecular flexibility index (Phi) is 4.56. The minimum atomic E-state index is -0.174. The van der Waals surface area contributed by atoms with E-state index in [2.05, 4.69) is 49.9 Å². The fourth-order valence-corrected chi connectivity index (χ4v) is 4.30. The Morgan fingerprint density at radius 3 is 2.52 bits per heavy atom. The minimum absolute atomic E-state index is 0.0371. The number of fused-ring (bicyclic) bond motifs is 1. The standard InChI is InChI=1S/C20H31NO2/c1-19(2,3)16-7-5-15(6-8-16)14-21-12-11-20(23-4)10-9-17(22)13-18(20)21/h5-8,17-18,22H,9-14H2,1-4H3/t17-,18+,20-/m1/s1. The predicted octanol–water partition coefficient (Wildman–Crippen LogP) is 3.49. The number of aliphatic hydroxyl groups is 1. The first-order valence-electron chi connectivity index (χ1n) is 8.91. The van der Waals surface area contributed by atoms with Crippen LogP contribution in [0.4, 0.5) is 0 Å². The van der Waals surface area contributed by atoms with E-state index in [1.165, 1.54) is 11.1 Å². The Labute approximate surface area is 140 Å². The molecule has 3 atom stereocenters. The lowest BCUT2D eigenvalue weighted by molar-refractivity contribution is -0.0879. The van der Waals surface area contributed by atoms with E-state index in [1.54, 1.807) is 0 Å². The molecule has 128 valence electrons. The SMILES string of the molecule is CO[C@@]12CC[C@@H](O)C[C@@H]1N(Cc1ccc(C(C)(C)C)cc1)CC2. The lowest BCUT2D eigenvalue weighted by atomic mass is 9.79. The summed E-state index contributed by atoms with van der Waals surface area (Å²) in [6, 6.07) is 9.37. The van der Waals surface area contributed by atoms with Crippen molar-refractivity contribution in [3.63, 3.8) is 0 Å². The Balaban J connectivity index is 1.73. The first kappa shape index (κ1) is 16.9. The molecule has 0 unspecified atom stereocenters. The number of aliphatic hydroxyl groups excluding tert-OH is 1. The highest BCUT2D eigenvalue weighted by Gasteiger charge is 2.50. The number of hydrogen-bond donors (Lipinski definition) is 1. The van der Waals surface area contributed by atoms with Gasteiger partial charge in [0.25, 0.3) is 0 Å². The zero-order chi connectivity index (χ0) is 16.7. The maximum Gasteiger partial charge on any atom is 0.0847 e. The van der Waals surface area contributed by atoms with Crippen LogP contribution in [-0.2, 0) is 16.7 Å². The number of methoxy groups -OCH3 is 1. The number of rotatable bonds is 3. The maximum absolute atomic E-state index is 10.1. The monoisotopic (exact) mass is 317 g/mol. The van der Waals surface area contributed by atoms with Crippen molar-refractivity contribution in [1.29, 1.82) is 0 Å². The third-order valence-electron chi connectivity index (χ3n) is 5.88. The summed E-state index contributed by atoms with van der Waals surface area (Å²) >= 11 is 0. The average molecular weight is 317 g/mol. The van der Waals surface area contributed by atoms with Crippen molar-refractivity contribution in [1.82, 2.24) is 4.90 Å². The molecule has 1 aliphatic carbocycles. The number of likely N-dealkylation sites (tertiary alicyclic amines) is 1. The van der Waals surface area contributed by atoms with E-state index < -0.39 is 0 Å². The Bertz CT molecular complexity index is 534. The summed E-state index contributed by atoms with van der Waals surface area (Å²) in [7, 11) is 1.84. The summed E-state index contributed by atoms with van der Waals surface area (Å²) in [5.41, 5.74) is 2.89. The molecular formula is C20H31NO2. The van der Waals surface area contributed by atoms with Crippen LogP contribution in [0.3, 0.4) is 0 Å². The molecular weight excluding hydrogens is 286 g/mol. The van der Waals surface area contributed by atoms with E-state index in [4.69, 9.17) is 4.74 Å². The van der Waals surface area contributed by atoms with Gasteiger partial charge in [0.15, 0.2) is 0 Å². The van der Waals surface area contributed by atoms with Gasteiger partial charge >= 0.3 is 0 Å². The lowest BCUT2D eigenvalue weighted by Gasteiger charge is -2.42. The van der Waals surface area contributed by atoms with Crippen LogP contribution < -0.4 is 0 Å². The van der Waals surface area contributed by atoms with Gasteiger partial charge in [-0.15, -0.1) is 0 Å². The third-order valence-corrected chi connectivity index (χ3v) is 5.88. The van der Waals surface area contributed by atoms with Crippen LogP contribution >= 0.6 is 0 Å². The number of ether oxygens (including phenoxy) is 1. The molecule has 23 heavy (non-hydrogen) atoms. The highest BCUT2D eigenvalue weighted by Crippen LogP contribution is 2.43. The summed E-state index contributed by atoms with van der Waals surface area (Å²) in [4.78, 5) is 2.51. The zero-order valence-electron chi connectivity index (χ0n) is 15.0. The van der Waals surface area contributed by atoms with Crippen LogP contribution in [0, 0.1) is 0 Å². The summed E-state index contributed by atoms with van der Waals surface area (Å²) in [5.74, 6) is 0. The normalized spacial score (nSPS) is 32.0. The van der Waals surface area contributed by atoms with Gasteiger partial charge in [0.2, 0.25) is 0 Å². The van der Waals surface area contributed by atoms with Crippen molar-refractivity contribution in [2.75, 3.05) is 13.7 Å². The molecule has 1 aromatic rings. The topological polar surface area (TPSA) is 32.7 Å². The summed E-state index contributed by atoms with van der Waals surface area (Å²) in [5, 5.41) is 10.1. The van der Waals surface area contributed by atoms with Crippen LogP contribution in [0.2, 0.25) is 0 Å². The molecule has 2 fully saturated rings. The summed E-state index contributed by atoms with van der Waals surface area (Å²) in [6.07, 6.45) is 3.61. The van der Waals surface area contributed by atoms with Gasteiger partial charge in [0.1, 0.15) is 0 Å². The molecule has 0 spiro atoms. The fourth-order valence-electron chi connectivity index (χ4n) is 4.30. The Hall–Kier alpha value is -0.900. The smallest absolute Gasteiger partial charge is 0.0847 e. The second-order valence-electron chi connectivity index (χ2n) is 8.38. The molecule has 1 saturated carbocycles. The fraction of sp³-hybridized carbons (Fsp3) is 0.700. The second kappa shape index (κ2) is 6.19. The van der Waals surface area contributed by atoms with Crippen molar-refractivity contribution in [3.8, 4) is 0 Å². The van der Waals surface area contributed by atoms with E-state index in [0.717, 1.165) is 38.8 Å². The van der Waals surface area contributed by atoms with Crippen molar-refractivity contribution in [2.24, 2.45) is 0 Å². The van der Waals surface area contributed by atoms with Crippen molar-refractivity contribution >= 4 is 0 Å². The van der Waals surface area contributed by atoms with Crippen LogP contribution in [0.15, 0.2) is 24.3 Å². The molecule has 3 heteroatoms. The number of benzene rings is 1. The van der Waals surface area contributed by atoms with Crippen molar-refractivity contribution in [2.45, 2.75) is 76.2 Å². The molecule has 0 amide bonds. The quantitative estimate of drug-likeness (QED) is 0.926. The maximum atomic E-state index is 10.1. The molecule has 1 heterocycles. The zero-order valence-corrected chi connectivity index (χ0v) is 15.0. The number of nitrogens with zero attached hydrogens (tertiary/aromatic N) is 1. The van der Waals surface area contributed by atoms with E-state index in [-0.39, 0.29) is 17.1 Å². The highest BCUT2D eigenvalue weighted by atomic mass is 16.5. The largest absolute Gasteiger partial charge is 0.393 e. The first-order valence-corrected chi connectivity index (χ1v) is 8.91. The molecule has 3 rings (SSSR count). The van der Waals surface area contributed by atoms with Crippen LogP contribution in [0.25, 0.3) is 0 Å². The molecule has 1 aliphatic heterocycles. The molecule has 1 N–H and O–H groups in total. The van der Waals surface area contributed by atoms with Gasteiger partial charge < -0.3 is 9.84 Å². The van der Waals surface area contributed by atoms with Gasteiger partial charge in [0.05, 0.1) is 11.7 Å². The van der Waals surface area contributed by atoms with E-state index in [0.29, 0.717) is 6.04 Å². The minimum Gasteiger partial charge on any atom is -0.393 e. The van der Waals surface area contributed by atoms with Crippen LogP contribution in [-0.4, -0.2) is 41.4 Å². The van der Waals surface area contributed by atoms with Gasteiger partial charge in [-0.1, -0.05) is 45.0 Å². The van der Waals surface area contributed by atoms with Crippen LogP contribution in [0.5, 0.6) is 0 Å². The van der Waals surface area contributed by atoms with E-state index in [9.17, 15) is 5.11 Å². The first-order chi connectivity index (χ1) is 10.8. The lowest BCUT2D eigenvalue weighted by Crippen LogP contribution is -2.51. The molecule has 2 aliphatic rings. The number of hydrogen-bond acceptors (Lipinski definition) is 3.